The van der Waals surface area contributed by atoms with E-state index in [1.807, 2.05) is 19.1 Å². The predicted molar refractivity (Wildman–Crippen MR) is 82.0 cm³/mol. The van der Waals surface area contributed by atoms with Crippen LogP contribution >= 0.6 is 0 Å². The number of nitrogens with zero attached hydrogens (tertiary/aromatic N) is 1. The van der Waals surface area contributed by atoms with E-state index in [4.69, 9.17) is 5.73 Å². The maximum atomic E-state index is 12.9. The number of benzene rings is 1. The van der Waals surface area contributed by atoms with E-state index in [9.17, 15) is 8.42 Å². The topological polar surface area (TPSA) is 63.4 Å². The molecule has 2 unspecified atom stereocenters. The number of rotatable bonds is 2. The molecule has 1 heterocycles. The van der Waals surface area contributed by atoms with Crippen LogP contribution in [0.3, 0.4) is 0 Å². The van der Waals surface area contributed by atoms with E-state index in [0.717, 1.165) is 17.5 Å². The zero-order chi connectivity index (χ0) is 15.1. The first kappa shape index (κ1) is 15.3. The first-order valence-corrected chi connectivity index (χ1v) is 8.53. The van der Waals surface area contributed by atoms with Crippen LogP contribution in [0.15, 0.2) is 17.0 Å². The lowest BCUT2D eigenvalue weighted by Gasteiger charge is -2.34. The highest BCUT2D eigenvalue weighted by Crippen LogP contribution is 2.32. The summed E-state index contributed by atoms with van der Waals surface area (Å²) in [5, 5.41) is 0. The third-order valence-electron chi connectivity index (χ3n) is 4.04. The monoisotopic (exact) mass is 296 g/mol. The van der Waals surface area contributed by atoms with Crippen molar-refractivity contribution in [1.29, 1.82) is 0 Å². The molecule has 1 aromatic rings. The van der Waals surface area contributed by atoms with E-state index in [1.165, 1.54) is 0 Å². The number of hydrogen-bond acceptors (Lipinski definition) is 3. The van der Waals surface area contributed by atoms with Gasteiger partial charge in [0, 0.05) is 13.1 Å². The Morgan fingerprint density at radius 2 is 1.60 bits per heavy atom. The smallest absolute Gasteiger partial charge is 0.245 e. The van der Waals surface area contributed by atoms with Crippen molar-refractivity contribution in [3.63, 3.8) is 0 Å². The third-order valence-corrected chi connectivity index (χ3v) is 6.08. The Balaban J connectivity index is 2.48. The zero-order valence-electron chi connectivity index (χ0n) is 12.7. The summed E-state index contributed by atoms with van der Waals surface area (Å²) in [7, 11) is -3.50. The number of anilines is 1. The normalized spacial score (nSPS) is 24.8. The Kier molecular flexibility index (Phi) is 4.12. The molecule has 0 aliphatic carbocycles. The minimum atomic E-state index is -3.50. The van der Waals surface area contributed by atoms with Crippen molar-refractivity contribution >= 4 is 15.7 Å². The zero-order valence-corrected chi connectivity index (χ0v) is 13.5. The second kappa shape index (κ2) is 5.37. The lowest BCUT2D eigenvalue weighted by Crippen LogP contribution is -2.42. The Morgan fingerprint density at radius 3 is 2.15 bits per heavy atom. The molecule has 0 bridgehead atoms. The van der Waals surface area contributed by atoms with Crippen molar-refractivity contribution in [3.05, 3.63) is 23.3 Å². The molecule has 1 fully saturated rings. The van der Waals surface area contributed by atoms with Gasteiger partial charge >= 0.3 is 0 Å². The summed E-state index contributed by atoms with van der Waals surface area (Å²) in [6.07, 6.45) is 1.08. The standard InChI is InChI=1S/C15H24N2O2S/c1-10-7-11(2)9-17(8-10)20(18,19)15-13(4)6-5-12(3)14(15)16/h5-6,10-11H,7-9,16H2,1-4H3. The molecule has 4 nitrogen and oxygen atoms in total. The first-order chi connectivity index (χ1) is 9.23. The van der Waals surface area contributed by atoms with Crippen molar-refractivity contribution in [2.24, 2.45) is 11.8 Å². The van der Waals surface area contributed by atoms with Gasteiger partial charge in [0.2, 0.25) is 10.0 Å². The third kappa shape index (κ3) is 2.69. The molecule has 0 amide bonds. The summed E-state index contributed by atoms with van der Waals surface area (Å²) in [6, 6.07) is 3.69. The second-order valence-electron chi connectivity index (χ2n) is 6.21. The molecule has 1 saturated heterocycles. The molecule has 112 valence electrons. The lowest BCUT2D eigenvalue weighted by molar-refractivity contribution is 0.222. The van der Waals surface area contributed by atoms with Gasteiger partial charge in [0.1, 0.15) is 4.90 Å². The minimum absolute atomic E-state index is 0.291. The summed E-state index contributed by atoms with van der Waals surface area (Å²) < 4.78 is 27.4. The fourth-order valence-corrected chi connectivity index (χ4v) is 5.15. The highest BCUT2D eigenvalue weighted by Gasteiger charge is 2.33. The molecule has 0 aromatic heterocycles. The number of hydrogen-bond donors (Lipinski definition) is 1. The summed E-state index contributed by atoms with van der Waals surface area (Å²) in [5.41, 5.74) is 7.96. The van der Waals surface area contributed by atoms with E-state index in [-0.39, 0.29) is 0 Å². The van der Waals surface area contributed by atoms with Gasteiger partial charge < -0.3 is 5.73 Å². The number of sulfonamides is 1. The molecule has 0 radical (unpaired) electrons. The van der Waals surface area contributed by atoms with Crippen molar-refractivity contribution < 1.29 is 8.42 Å². The van der Waals surface area contributed by atoms with Crippen LogP contribution in [-0.4, -0.2) is 25.8 Å². The highest BCUT2D eigenvalue weighted by molar-refractivity contribution is 7.89. The van der Waals surface area contributed by atoms with Gasteiger partial charge in [-0.05, 0) is 43.2 Å². The summed E-state index contributed by atoms with van der Waals surface area (Å²) >= 11 is 0. The van der Waals surface area contributed by atoms with Gasteiger partial charge in [-0.15, -0.1) is 0 Å². The molecule has 0 spiro atoms. The van der Waals surface area contributed by atoms with E-state index in [2.05, 4.69) is 13.8 Å². The van der Waals surface area contributed by atoms with E-state index < -0.39 is 10.0 Å². The molecular formula is C15H24N2O2S. The van der Waals surface area contributed by atoms with Crippen LogP contribution < -0.4 is 5.73 Å². The Hall–Kier alpha value is -1.07. The van der Waals surface area contributed by atoms with Crippen LogP contribution in [-0.2, 0) is 10.0 Å². The van der Waals surface area contributed by atoms with Crippen molar-refractivity contribution in [1.82, 2.24) is 4.31 Å². The maximum absolute atomic E-state index is 12.9. The Labute approximate surface area is 122 Å². The molecule has 2 rings (SSSR count). The number of piperidine rings is 1. The van der Waals surface area contributed by atoms with Gasteiger partial charge in [0.15, 0.2) is 0 Å². The van der Waals surface area contributed by atoms with Gasteiger partial charge in [-0.25, -0.2) is 8.42 Å². The Bertz CT molecular complexity index is 601. The van der Waals surface area contributed by atoms with E-state index >= 15 is 0 Å². The van der Waals surface area contributed by atoms with Gasteiger partial charge in [-0.2, -0.15) is 4.31 Å². The molecule has 0 saturated carbocycles. The molecule has 1 aliphatic heterocycles. The van der Waals surface area contributed by atoms with Gasteiger partial charge in [0.25, 0.3) is 0 Å². The van der Waals surface area contributed by atoms with E-state index in [1.54, 1.807) is 11.2 Å². The van der Waals surface area contributed by atoms with Crippen LogP contribution in [0.1, 0.15) is 31.4 Å². The molecular weight excluding hydrogens is 272 g/mol. The van der Waals surface area contributed by atoms with Crippen LogP contribution in [0.25, 0.3) is 0 Å². The average Bonchev–Trinajstić information content (AvgIpc) is 2.33. The number of nitrogens with two attached hydrogens (primary N) is 1. The van der Waals surface area contributed by atoms with Crippen LogP contribution in [0.2, 0.25) is 0 Å². The maximum Gasteiger partial charge on any atom is 0.245 e. The quantitative estimate of drug-likeness (QED) is 0.853. The average molecular weight is 296 g/mol. The Morgan fingerprint density at radius 1 is 1.10 bits per heavy atom. The first-order valence-electron chi connectivity index (χ1n) is 7.09. The van der Waals surface area contributed by atoms with E-state index in [0.29, 0.717) is 35.5 Å². The number of nitrogen functional groups attached to an aromatic ring is 1. The molecule has 5 heteroatoms. The summed E-state index contributed by atoms with van der Waals surface area (Å²) in [5.74, 6) is 0.778. The van der Waals surface area contributed by atoms with Crippen LogP contribution in [0.5, 0.6) is 0 Å². The molecule has 1 aliphatic rings. The van der Waals surface area contributed by atoms with Gasteiger partial charge in [0.05, 0.1) is 5.69 Å². The van der Waals surface area contributed by atoms with Crippen molar-refractivity contribution in [3.8, 4) is 0 Å². The predicted octanol–water partition coefficient (Wildman–Crippen LogP) is 2.55. The SMILES string of the molecule is Cc1ccc(C)c(S(=O)(=O)N2CC(C)CC(C)C2)c1N. The van der Waals surface area contributed by atoms with Crippen molar-refractivity contribution in [2.75, 3.05) is 18.8 Å². The molecule has 1 aromatic carbocycles. The van der Waals surface area contributed by atoms with Crippen LogP contribution in [0, 0.1) is 25.7 Å². The fraction of sp³-hybridized carbons (Fsp3) is 0.600. The second-order valence-corrected chi connectivity index (χ2v) is 8.09. The van der Waals surface area contributed by atoms with Crippen LogP contribution in [0.4, 0.5) is 5.69 Å². The fourth-order valence-electron chi connectivity index (χ4n) is 3.08. The molecule has 2 atom stereocenters. The molecule has 20 heavy (non-hydrogen) atoms. The molecule has 2 N–H and O–H groups in total. The minimum Gasteiger partial charge on any atom is -0.397 e. The lowest BCUT2D eigenvalue weighted by atomic mass is 9.94. The largest absolute Gasteiger partial charge is 0.397 e. The summed E-state index contributed by atoms with van der Waals surface area (Å²) in [6.45, 7) is 9.02. The highest BCUT2D eigenvalue weighted by atomic mass is 32.2. The number of aryl methyl sites for hydroxylation is 2. The van der Waals surface area contributed by atoms with Gasteiger partial charge in [-0.3, -0.25) is 0 Å². The van der Waals surface area contributed by atoms with Gasteiger partial charge in [-0.1, -0.05) is 26.0 Å². The van der Waals surface area contributed by atoms with Crippen molar-refractivity contribution in [2.45, 2.75) is 39.0 Å². The summed E-state index contributed by atoms with van der Waals surface area (Å²) in [4.78, 5) is 0.291.